The smallest absolute Gasteiger partial charge is 0.323 e. The molecule has 9 heteroatoms. The molecule has 3 N–H and O–H groups in total. The van der Waals surface area contributed by atoms with Crippen LogP contribution in [-0.4, -0.2) is 52.1 Å². The quantitative estimate of drug-likeness (QED) is 0.268. The molecule has 1 aromatic heterocycles. The number of nitrogens with two attached hydrogens (primary N) is 1. The van der Waals surface area contributed by atoms with E-state index in [0.29, 0.717) is 34.7 Å². The van der Waals surface area contributed by atoms with Crippen LogP contribution in [-0.2, 0) is 28.9 Å². The summed E-state index contributed by atoms with van der Waals surface area (Å²) in [5.74, 6) is 0.334. The molecule has 2 aromatic carbocycles. The zero-order valence-electron chi connectivity index (χ0n) is 23.6. The fourth-order valence-corrected chi connectivity index (χ4v) is 6.54. The molecule has 5 rings (SSSR count). The summed E-state index contributed by atoms with van der Waals surface area (Å²) in [5, 5.41) is 4.67. The van der Waals surface area contributed by atoms with Crippen molar-refractivity contribution in [3.63, 3.8) is 0 Å². The Labute approximate surface area is 252 Å². The average molecular weight is 597 g/mol. The number of esters is 1. The van der Waals surface area contributed by atoms with Gasteiger partial charge in [0.05, 0.1) is 17.6 Å². The number of aromatic nitrogens is 2. The highest BCUT2D eigenvalue weighted by Gasteiger charge is 2.32. The zero-order chi connectivity index (χ0) is 28.8. The third-order valence-corrected chi connectivity index (χ3v) is 9.06. The first kappa shape index (κ1) is 29.8. The number of hydrogen-bond donors (Lipinski definition) is 2. The van der Waals surface area contributed by atoms with Crippen LogP contribution in [0.2, 0.25) is 10.0 Å². The Balaban J connectivity index is 1.20. The number of nitrogen functional groups attached to an aromatic ring is 1. The molecule has 0 radical (unpaired) electrons. The first-order valence-electron chi connectivity index (χ1n) is 14.7. The van der Waals surface area contributed by atoms with Crippen molar-refractivity contribution < 1.29 is 9.53 Å². The maximum Gasteiger partial charge on any atom is 0.323 e. The third kappa shape index (κ3) is 7.58. The lowest BCUT2D eigenvalue weighted by molar-refractivity contribution is -0.152. The van der Waals surface area contributed by atoms with Crippen molar-refractivity contribution in [1.82, 2.24) is 20.2 Å². The van der Waals surface area contributed by atoms with Gasteiger partial charge in [-0.2, -0.15) is 0 Å². The Morgan fingerprint density at radius 3 is 2.51 bits per heavy atom. The lowest BCUT2D eigenvalue weighted by Gasteiger charge is -2.37. The van der Waals surface area contributed by atoms with Gasteiger partial charge in [0.2, 0.25) is 0 Å². The number of halogens is 2. The predicted octanol–water partition coefficient (Wildman–Crippen LogP) is 6.25. The van der Waals surface area contributed by atoms with Crippen molar-refractivity contribution in [2.75, 3.05) is 18.8 Å². The number of rotatable bonds is 10. The summed E-state index contributed by atoms with van der Waals surface area (Å²) in [6.07, 6.45) is 9.15. The van der Waals surface area contributed by atoms with Crippen molar-refractivity contribution in [3.8, 4) is 11.3 Å². The van der Waals surface area contributed by atoms with Crippen LogP contribution in [0.4, 0.5) is 5.82 Å². The molecule has 2 aliphatic rings. The minimum Gasteiger partial charge on any atom is -0.461 e. The van der Waals surface area contributed by atoms with E-state index >= 15 is 0 Å². The van der Waals surface area contributed by atoms with Gasteiger partial charge < -0.3 is 15.8 Å². The number of hydrogen-bond acceptors (Lipinski definition) is 7. The van der Waals surface area contributed by atoms with E-state index in [0.717, 1.165) is 80.7 Å². The summed E-state index contributed by atoms with van der Waals surface area (Å²) in [4.78, 5) is 24.5. The number of ether oxygens (including phenoxy) is 1. The van der Waals surface area contributed by atoms with Crippen molar-refractivity contribution in [1.29, 1.82) is 0 Å². The summed E-state index contributed by atoms with van der Waals surface area (Å²) in [6, 6.07) is 14.1. The van der Waals surface area contributed by atoms with Crippen molar-refractivity contribution in [2.45, 2.75) is 83.0 Å². The fraction of sp³-hybridized carbons (Fsp3) is 0.469. The van der Waals surface area contributed by atoms with Gasteiger partial charge in [0.1, 0.15) is 18.0 Å². The molecule has 218 valence electrons. The van der Waals surface area contributed by atoms with E-state index in [9.17, 15) is 4.79 Å². The van der Waals surface area contributed by atoms with Crippen molar-refractivity contribution in [2.24, 2.45) is 0 Å². The molecule has 0 spiro atoms. The summed E-state index contributed by atoms with van der Waals surface area (Å²) >= 11 is 12.7. The normalized spacial score (nSPS) is 19.5. The van der Waals surface area contributed by atoms with E-state index < -0.39 is 0 Å². The van der Waals surface area contributed by atoms with Gasteiger partial charge in [0, 0.05) is 28.2 Å². The van der Waals surface area contributed by atoms with E-state index in [1.807, 2.05) is 18.2 Å². The van der Waals surface area contributed by atoms with Gasteiger partial charge in [0.15, 0.2) is 0 Å². The summed E-state index contributed by atoms with van der Waals surface area (Å²) < 4.78 is 5.80. The fourth-order valence-electron chi connectivity index (χ4n) is 5.95. The van der Waals surface area contributed by atoms with Gasteiger partial charge in [-0.25, -0.2) is 9.97 Å². The molecule has 2 fully saturated rings. The van der Waals surface area contributed by atoms with E-state index in [1.54, 1.807) is 6.20 Å². The lowest BCUT2D eigenvalue weighted by Crippen LogP contribution is -2.51. The molecule has 3 aromatic rings. The maximum absolute atomic E-state index is 12.8. The molecule has 1 saturated carbocycles. The standard InChI is InChI=1S/C32H39Cl2N5O2/c1-2-39(23-16-17-36-29(18-23)32(40)41-24-6-3-4-7-24)20-21-10-12-22(13-11-21)30-19-37-31(35)28(38-30)15-14-25-26(33)8-5-9-27(25)34/h5,8-13,19,23-24,29,36H,2-4,6-7,14-18,20H2,1H3,(H2,35,37)/t23?,29-/m1/s1. The average Bonchev–Trinajstić information content (AvgIpc) is 3.50. The van der Waals surface area contributed by atoms with Crippen molar-refractivity contribution >= 4 is 35.0 Å². The summed E-state index contributed by atoms with van der Waals surface area (Å²) in [5.41, 5.74) is 10.8. The number of anilines is 1. The minimum absolute atomic E-state index is 0.0825. The van der Waals surface area contributed by atoms with Crippen LogP contribution in [0.1, 0.15) is 62.3 Å². The Morgan fingerprint density at radius 2 is 1.80 bits per heavy atom. The molecule has 1 unspecified atom stereocenters. The summed E-state index contributed by atoms with van der Waals surface area (Å²) in [6.45, 7) is 4.75. The van der Waals surface area contributed by atoms with Crippen molar-refractivity contribution in [3.05, 3.63) is 75.5 Å². The van der Waals surface area contributed by atoms with Crippen LogP contribution in [0.15, 0.2) is 48.7 Å². The Kier molecular flexibility index (Phi) is 10.1. The second-order valence-electron chi connectivity index (χ2n) is 11.1. The molecule has 1 aliphatic heterocycles. The highest BCUT2D eigenvalue weighted by Crippen LogP contribution is 2.28. The third-order valence-electron chi connectivity index (χ3n) is 8.35. The van der Waals surface area contributed by atoms with Crippen LogP contribution in [0.5, 0.6) is 0 Å². The highest BCUT2D eigenvalue weighted by molar-refractivity contribution is 6.36. The first-order valence-corrected chi connectivity index (χ1v) is 15.5. The number of benzene rings is 2. The molecule has 1 aliphatic carbocycles. The van der Waals surface area contributed by atoms with Crippen LogP contribution in [0.3, 0.4) is 0 Å². The van der Waals surface area contributed by atoms with E-state index in [-0.39, 0.29) is 18.1 Å². The molecule has 2 heterocycles. The Hall–Kier alpha value is -2.71. The predicted molar refractivity (Wildman–Crippen MR) is 165 cm³/mol. The molecule has 1 saturated heterocycles. The molecule has 41 heavy (non-hydrogen) atoms. The molecular formula is C32H39Cl2N5O2. The minimum atomic E-state index is -0.224. The van der Waals surface area contributed by atoms with E-state index in [2.05, 4.69) is 46.4 Å². The zero-order valence-corrected chi connectivity index (χ0v) is 25.1. The molecule has 2 atom stereocenters. The maximum atomic E-state index is 12.8. The molecule has 7 nitrogen and oxygen atoms in total. The number of nitrogens with one attached hydrogen (secondary N) is 1. The number of carbonyl (C=O) groups excluding carboxylic acids is 1. The topological polar surface area (TPSA) is 93.4 Å². The van der Waals surface area contributed by atoms with Crippen LogP contribution < -0.4 is 11.1 Å². The lowest BCUT2D eigenvalue weighted by atomic mass is 9.97. The monoisotopic (exact) mass is 595 g/mol. The van der Waals surface area contributed by atoms with Crippen LogP contribution in [0, 0.1) is 0 Å². The van der Waals surface area contributed by atoms with Gasteiger partial charge in [-0.15, -0.1) is 0 Å². The van der Waals surface area contributed by atoms with Crippen LogP contribution in [0.25, 0.3) is 11.3 Å². The van der Waals surface area contributed by atoms with Gasteiger partial charge in [-0.05, 0) is 87.7 Å². The van der Waals surface area contributed by atoms with Gasteiger partial charge in [-0.3, -0.25) is 9.69 Å². The Bertz CT molecular complexity index is 1310. The molecule has 0 amide bonds. The second kappa shape index (κ2) is 14.0. The highest BCUT2D eigenvalue weighted by atomic mass is 35.5. The van der Waals surface area contributed by atoms with Gasteiger partial charge in [0.25, 0.3) is 0 Å². The Morgan fingerprint density at radius 1 is 1.07 bits per heavy atom. The molecule has 0 bridgehead atoms. The van der Waals surface area contributed by atoms with E-state index in [4.69, 9.17) is 38.7 Å². The SMILES string of the molecule is CCN(Cc1ccc(-c2cnc(N)c(CCc3c(Cl)cccc3Cl)n2)cc1)C1CCN[C@@H](C(=O)OC2CCCC2)C1. The van der Waals surface area contributed by atoms with Gasteiger partial charge >= 0.3 is 5.97 Å². The number of aryl methyl sites for hydroxylation is 1. The van der Waals surface area contributed by atoms with Crippen LogP contribution >= 0.6 is 23.2 Å². The number of nitrogens with zero attached hydrogens (tertiary/aromatic N) is 3. The van der Waals surface area contributed by atoms with E-state index in [1.165, 1.54) is 5.56 Å². The first-order chi connectivity index (χ1) is 19.9. The van der Waals surface area contributed by atoms with Gasteiger partial charge in [-0.1, -0.05) is 60.5 Å². The molecular weight excluding hydrogens is 557 g/mol. The second-order valence-corrected chi connectivity index (χ2v) is 11.9. The number of piperidine rings is 1. The summed E-state index contributed by atoms with van der Waals surface area (Å²) in [7, 11) is 0. The largest absolute Gasteiger partial charge is 0.461 e. The number of carbonyl (C=O) groups is 1.